The molecule has 0 bridgehead atoms. The Hall–Kier alpha value is -0.721. The summed E-state index contributed by atoms with van der Waals surface area (Å²) >= 11 is 0. The molecular weight excluding hydrogens is 294 g/mol. The van der Waals surface area contributed by atoms with E-state index in [4.69, 9.17) is 6.58 Å². The van der Waals surface area contributed by atoms with Crippen LogP contribution in [0.3, 0.4) is 0 Å². The summed E-state index contributed by atoms with van der Waals surface area (Å²) in [6, 6.07) is 13.5. The first-order valence-electron chi connectivity index (χ1n) is 5.25. The van der Waals surface area contributed by atoms with Crippen molar-refractivity contribution < 1.29 is 37.3 Å². The van der Waals surface area contributed by atoms with Crippen molar-refractivity contribution in [1.29, 1.82) is 0 Å². The molecule has 4 radical (unpaired) electrons. The van der Waals surface area contributed by atoms with Gasteiger partial charge in [0.1, 0.15) is 18.9 Å². The molecule has 0 saturated carbocycles. The monoisotopic (exact) mass is 308 g/mol. The van der Waals surface area contributed by atoms with Crippen molar-refractivity contribution in [1.82, 2.24) is 0 Å². The number of aryl methyl sites for hydroxylation is 2. The fraction of sp³-hybridized carbons (Fsp3) is 0.133. The van der Waals surface area contributed by atoms with Gasteiger partial charge in [0.05, 0.1) is 0 Å². The number of aromatic nitrogens is 1. The molecule has 0 aliphatic rings. The Bertz CT molecular complexity index is 538. The van der Waals surface area contributed by atoms with Gasteiger partial charge in [-0.25, -0.2) is 4.57 Å². The molecule has 1 heterocycles. The summed E-state index contributed by atoms with van der Waals surface area (Å²) < 4.78 is 2.05. The van der Waals surface area contributed by atoms with Crippen LogP contribution in [0.1, 0.15) is 11.1 Å². The van der Waals surface area contributed by atoms with E-state index < -0.39 is 0 Å². The minimum Gasteiger partial charge on any atom is -0.344 e. The summed E-state index contributed by atoms with van der Waals surface area (Å²) in [5.74, 6) is 0. The summed E-state index contributed by atoms with van der Waals surface area (Å²) in [6.07, 6.45) is 3.57. The van der Waals surface area contributed by atoms with Crippen LogP contribution in [0.25, 0.3) is 17.3 Å². The van der Waals surface area contributed by atoms with Crippen LogP contribution in [0.4, 0.5) is 0 Å². The predicted octanol–water partition coefficient (Wildman–Crippen LogP) is 2.35. The molecule has 0 spiro atoms. The number of rotatable bonds is 2. The summed E-state index contributed by atoms with van der Waals surface area (Å²) in [5, 5.41) is 0. The van der Waals surface area contributed by atoms with E-state index in [-0.39, 0.29) is 41.1 Å². The number of pyridine rings is 1. The van der Waals surface area contributed by atoms with Crippen LogP contribution in [0.15, 0.2) is 36.5 Å². The maximum absolute atomic E-state index is 5.52. The van der Waals surface area contributed by atoms with Gasteiger partial charge < -0.3 is 12.7 Å². The molecule has 0 aliphatic carbocycles. The Balaban J connectivity index is 0.00000144. The Morgan fingerprint density at radius 1 is 1.22 bits per heavy atom. The Kier molecular flexibility index (Phi) is 7.35. The first-order valence-corrected chi connectivity index (χ1v) is 5.25. The second-order valence-corrected chi connectivity index (χ2v) is 3.84. The van der Waals surface area contributed by atoms with E-state index in [0.717, 1.165) is 11.3 Å². The van der Waals surface area contributed by atoms with Crippen LogP contribution in [-0.2, 0) is 39.8 Å². The van der Waals surface area contributed by atoms with Gasteiger partial charge in [-0.2, -0.15) is 12.1 Å². The third-order valence-electron chi connectivity index (χ3n) is 2.67. The Morgan fingerprint density at radius 2 is 1.89 bits per heavy atom. The molecule has 2 aromatic rings. The van der Waals surface area contributed by atoms with E-state index in [9.17, 15) is 0 Å². The zero-order valence-electron chi connectivity index (χ0n) is 10.7. The van der Waals surface area contributed by atoms with Gasteiger partial charge in [-0.15, -0.1) is 0 Å². The Labute approximate surface area is 136 Å². The normalized spacial score (nSPS) is 9.00. The van der Waals surface area contributed by atoms with Crippen molar-refractivity contribution in [3.63, 3.8) is 0 Å². The fourth-order valence-electron chi connectivity index (χ4n) is 1.73. The van der Waals surface area contributed by atoms with E-state index in [1.54, 1.807) is 6.08 Å². The molecule has 2 rings (SSSR count). The van der Waals surface area contributed by atoms with Crippen molar-refractivity contribution in [2.75, 3.05) is 0 Å². The molecule has 0 amide bonds. The van der Waals surface area contributed by atoms with Gasteiger partial charge in [-0.05, 0) is 12.5 Å². The third kappa shape index (κ3) is 3.63. The molecule has 0 atom stereocenters. The minimum atomic E-state index is 0. The van der Waals surface area contributed by atoms with Crippen molar-refractivity contribution in [3.8, 4) is 11.3 Å². The topological polar surface area (TPSA) is 3.88 Å². The van der Waals surface area contributed by atoms with Gasteiger partial charge in [0.2, 0.25) is 0 Å². The molecule has 0 fully saturated rings. The SMILES string of the molecule is [B].[CH-]=Cc1[c-]c(-c2ccccc2C)[n+](C)cc1.[Y]. The first-order chi connectivity index (χ1) is 7.72. The summed E-state index contributed by atoms with van der Waals surface area (Å²) in [5.41, 5.74) is 4.39. The number of hydrogen-bond acceptors (Lipinski definition) is 0. The molecule has 3 heteroatoms. The van der Waals surface area contributed by atoms with Crippen LogP contribution >= 0.6 is 0 Å². The summed E-state index contributed by atoms with van der Waals surface area (Å²) in [7, 11) is 2.01. The van der Waals surface area contributed by atoms with E-state index in [1.165, 1.54) is 11.1 Å². The standard InChI is InChI=1S/C15H14N.B.Y/c1-4-13-9-10-16(3)15(11-13)14-8-6-5-7-12(14)2;;/h1,4-10H,2-3H3;;/q-1;;. The van der Waals surface area contributed by atoms with Crippen LogP contribution in [0.5, 0.6) is 0 Å². The van der Waals surface area contributed by atoms with Crippen LogP contribution in [0, 0.1) is 19.6 Å². The van der Waals surface area contributed by atoms with Gasteiger partial charge in [-0.1, -0.05) is 29.8 Å². The van der Waals surface area contributed by atoms with E-state index in [2.05, 4.69) is 29.7 Å². The smallest absolute Gasteiger partial charge is 0.136 e. The van der Waals surface area contributed by atoms with Crippen LogP contribution in [-0.4, -0.2) is 8.41 Å². The maximum Gasteiger partial charge on any atom is 0.136 e. The molecular formula is C15H14BNY-. The first kappa shape index (κ1) is 17.3. The maximum atomic E-state index is 5.52. The molecule has 86 valence electrons. The summed E-state index contributed by atoms with van der Waals surface area (Å²) in [6.45, 7) is 7.62. The van der Waals surface area contributed by atoms with Gasteiger partial charge in [0.15, 0.2) is 0 Å². The molecule has 0 saturated heterocycles. The minimum absolute atomic E-state index is 0. The van der Waals surface area contributed by atoms with Crippen molar-refractivity contribution >= 4 is 14.5 Å². The second-order valence-electron chi connectivity index (χ2n) is 3.84. The average Bonchev–Trinajstić information content (AvgIpc) is 2.31. The number of benzene rings is 1. The molecule has 18 heavy (non-hydrogen) atoms. The molecule has 0 unspecified atom stereocenters. The van der Waals surface area contributed by atoms with Crippen LogP contribution in [0.2, 0.25) is 0 Å². The zero-order valence-corrected chi connectivity index (χ0v) is 13.6. The van der Waals surface area contributed by atoms with E-state index >= 15 is 0 Å². The second kappa shape index (κ2) is 7.66. The summed E-state index contributed by atoms with van der Waals surface area (Å²) in [4.78, 5) is 0. The van der Waals surface area contributed by atoms with Gasteiger partial charge in [0, 0.05) is 41.1 Å². The number of hydrogen-bond donors (Lipinski definition) is 0. The van der Waals surface area contributed by atoms with E-state index in [0.29, 0.717) is 0 Å². The number of nitrogens with zero attached hydrogens (tertiary/aromatic N) is 1. The Morgan fingerprint density at radius 3 is 2.50 bits per heavy atom. The fourth-order valence-corrected chi connectivity index (χ4v) is 1.73. The quantitative estimate of drug-likeness (QED) is 0.455. The molecule has 1 nitrogen and oxygen atoms in total. The van der Waals surface area contributed by atoms with Crippen LogP contribution < -0.4 is 4.57 Å². The van der Waals surface area contributed by atoms with E-state index in [1.807, 2.05) is 31.4 Å². The molecule has 1 aromatic heterocycles. The van der Waals surface area contributed by atoms with Gasteiger partial charge in [-0.3, -0.25) is 5.56 Å². The largest absolute Gasteiger partial charge is 0.344 e. The van der Waals surface area contributed by atoms with Crippen molar-refractivity contribution in [2.45, 2.75) is 6.92 Å². The third-order valence-corrected chi connectivity index (χ3v) is 2.67. The van der Waals surface area contributed by atoms with Crippen molar-refractivity contribution in [2.24, 2.45) is 7.05 Å². The average molecular weight is 308 g/mol. The molecule has 0 N–H and O–H groups in total. The van der Waals surface area contributed by atoms with Gasteiger partial charge >= 0.3 is 0 Å². The predicted molar refractivity (Wildman–Crippen MR) is 71.1 cm³/mol. The zero-order chi connectivity index (χ0) is 11.5. The molecule has 1 aromatic carbocycles. The van der Waals surface area contributed by atoms with Crippen molar-refractivity contribution in [3.05, 3.63) is 60.3 Å². The molecule has 0 aliphatic heterocycles. The van der Waals surface area contributed by atoms with Gasteiger partial charge in [0.25, 0.3) is 0 Å².